The van der Waals surface area contributed by atoms with Crippen LogP contribution in [0.4, 0.5) is 4.79 Å². The van der Waals surface area contributed by atoms with Crippen LogP contribution in [-0.2, 0) is 4.79 Å². The molecule has 0 aliphatic heterocycles. The highest BCUT2D eigenvalue weighted by atomic mass is 32.2. The van der Waals surface area contributed by atoms with E-state index in [-0.39, 0.29) is 11.9 Å². The number of aromatic nitrogens is 1. The van der Waals surface area contributed by atoms with Crippen molar-refractivity contribution in [2.24, 2.45) is 5.73 Å². The Bertz CT molecular complexity index is 851. The topological polar surface area (TPSA) is 114 Å². The van der Waals surface area contributed by atoms with Gasteiger partial charge in [-0.05, 0) is 31.9 Å². The van der Waals surface area contributed by atoms with Crippen LogP contribution < -0.4 is 16.4 Å². The van der Waals surface area contributed by atoms with E-state index in [4.69, 9.17) is 5.73 Å². The number of amides is 4. The molecule has 7 nitrogen and oxygen atoms in total. The van der Waals surface area contributed by atoms with Gasteiger partial charge >= 0.3 is 6.03 Å². The fourth-order valence-electron chi connectivity index (χ4n) is 2.35. The molecule has 2 aromatic rings. The number of para-hydroxylation sites is 1. The minimum Gasteiger partial charge on any atom is -0.351 e. The van der Waals surface area contributed by atoms with E-state index in [1.165, 1.54) is 0 Å². The molecule has 0 radical (unpaired) electrons. The fourth-order valence-corrected chi connectivity index (χ4v) is 3.21. The lowest BCUT2D eigenvalue weighted by Crippen LogP contribution is -2.39. The minimum atomic E-state index is -0.895. The van der Waals surface area contributed by atoms with Crippen molar-refractivity contribution < 1.29 is 14.4 Å². The first-order chi connectivity index (χ1) is 11.9. The average Bonchev–Trinajstić information content (AvgIpc) is 3.37. The number of fused-ring (bicyclic) bond motifs is 1. The van der Waals surface area contributed by atoms with E-state index < -0.39 is 17.2 Å². The van der Waals surface area contributed by atoms with Gasteiger partial charge in [-0.1, -0.05) is 30.0 Å². The van der Waals surface area contributed by atoms with Crippen LogP contribution in [0.25, 0.3) is 10.9 Å². The van der Waals surface area contributed by atoms with E-state index in [1.54, 1.807) is 13.0 Å². The van der Waals surface area contributed by atoms with Gasteiger partial charge < -0.3 is 11.1 Å². The zero-order chi connectivity index (χ0) is 18.0. The summed E-state index contributed by atoms with van der Waals surface area (Å²) in [5.41, 5.74) is 6.17. The van der Waals surface area contributed by atoms with Crippen LogP contribution in [0.15, 0.2) is 35.4 Å². The predicted octanol–water partition coefficient (Wildman–Crippen LogP) is 1.80. The largest absolute Gasteiger partial charge is 0.351 e. The maximum absolute atomic E-state index is 12.5. The third kappa shape index (κ3) is 4.27. The summed E-state index contributed by atoms with van der Waals surface area (Å²) in [6, 6.07) is 8.40. The molecule has 1 aliphatic carbocycles. The lowest BCUT2D eigenvalue weighted by atomic mass is 10.1. The second-order valence-corrected chi connectivity index (χ2v) is 7.25. The number of benzene rings is 1. The van der Waals surface area contributed by atoms with Gasteiger partial charge in [-0.3, -0.25) is 14.9 Å². The van der Waals surface area contributed by atoms with E-state index in [9.17, 15) is 14.4 Å². The maximum atomic E-state index is 12.5. The van der Waals surface area contributed by atoms with Crippen LogP contribution in [0.3, 0.4) is 0 Å². The molecule has 4 amide bonds. The molecule has 1 heterocycles. The Morgan fingerprint density at radius 1 is 1.28 bits per heavy atom. The summed E-state index contributed by atoms with van der Waals surface area (Å²) in [7, 11) is 0. The second kappa shape index (κ2) is 7.10. The van der Waals surface area contributed by atoms with Crippen LogP contribution in [0, 0.1) is 0 Å². The highest BCUT2D eigenvalue weighted by Gasteiger charge is 2.25. The van der Waals surface area contributed by atoms with Gasteiger partial charge in [0.15, 0.2) is 0 Å². The zero-order valence-corrected chi connectivity index (χ0v) is 14.4. The Kier molecular flexibility index (Phi) is 4.89. The average molecular weight is 358 g/mol. The number of rotatable bonds is 5. The number of urea groups is 1. The normalized spacial score (nSPS) is 14.8. The molecule has 1 atom stereocenters. The molecule has 0 spiro atoms. The van der Waals surface area contributed by atoms with Crippen LogP contribution >= 0.6 is 11.8 Å². The SMILES string of the molecule is CC(Sc1cc(C(=O)NC2CC2)c2ccccc2n1)C(=O)NC(N)=O. The van der Waals surface area contributed by atoms with E-state index in [1.807, 2.05) is 29.6 Å². The van der Waals surface area contributed by atoms with Crippen molar-refractivity contribution in [1.82, 2.24) is 15.6 Å². The monoisotopic (exact) mass is 358 g/mol. The van der Waals surface area contributed by atoms with Crippen molar-refractivity contribution in [3.05, 3.63) is 35.9 Å². The van der Waals surface area contributed by atoms with Gasteiger partial charge in [0.2, 0.25) is 5.91 Å². The number of primary amides is 1. The van der Waals surface area contributed by atoms with Gasteiger partial charge in [-0.25, -0.2) is 9.78 Å². The van der Waals surface area contributed by atoms with Gasteiger partial charge in [0.1, 0.15) is 0 Å². The van der Waals surface area contributed by atoms with Crippen LogP contribution in [0.1, 0.15) is 30.1 Å². The fraction of sp³-hybridized carbons (Fsp3) is 0.294. The first-order valence-electron chi connectivity index (χ1n) is 7.91. The van der Waals surface area contributed by atoms with E-state index >= 15 is 0 Å². The number of thioether (sulfide) groups is 1. The Morgan fingerprint density at radius 2 is 2.00 bits per heavy atom. The second-order valence-electron chi connectivity index (χ2n) is 5.89. The molecule has 0 saturated heterocycles. The lowest BCUT2D eigenvalue weighted by molar-refractivity contribution is -0.119. The van der Waals surface area contributed by atoms with Crippen molar-refractivity contribution in [3.8, 4) is 0 Å². The molecule has 1 saturated carbocycles. The van der Waals surface area contributed by atoms with E-state index in [0.717, 1.165) is 30.0 Å². The van der Waals surface area contributed by atoms with Gasteiger partial charge in [0.25, 0.3) is 5.91 Å². The lowest BCUT2D eigenvalue weighted by Gasteiger charge is -2.12. The Hall–Kier alpha value is -2.61. The number of imide groups is 1. The number of nitrogens with two attached hydrogens (primary N) is 1. The standard InChI is InChI=1S/C17H18N4O3S/c1-9(15(22)21-17(18)24)25-14-8-12(16(23)19-10-6-7-10)11-4-2-3-5-13(11)20-14/h2-5,8-10H,6-7H2,1H3,(H,19,23)(H3,18,21,22,24). The number of hydrogen-bond donors (Lipinski definition) is 3. The number of carbonyl (C=O) groups is 3. The van der Waals surface area contributed by atoms with Crippen molar-refractivity contribution >= 4 is 40.5 Å². The van der Waals surface area contributed by atoms with Crippen LogP contribution in [0.2, 0.25) is 0 Å². The van der Waals surface area contributed by atoms with Crippen molar-refractivity contribution in [3.63, 3.8) is 0 Å². The Labute approximate surface area is 148 Å². The third-order valence-corrected chi connectivity index (χ3v) is 4.78. The molecule has 25 heavy (non-hydrogen) atoms. The molecule has 8 heteroatoms. The molecule has 0 bridgehead atoms. The smallest absolute Gasteiger partial charge is 0.318 e. The van der Waals surface area contributed by atoms with Crippen molar-refractivity contribution in [2.45, 2.75) is 36.1 Å². The van der Waals surface area contributed by atoms with E-state index in [0.29, 0.717) is 16.1 Å². The van der Waals surface area contributed by atoms with Gasteiger partial charge in [0, 0.05) is 11.4 Å². The van der Waals surface area contributed by atoms with Crippen molar-refractivity contribution in [1.29, 1.82) is 0 Å². The zero-order valence-electron chi connectivity index (χ0n) is 13.6. The number of pyridine rings is 1. The van der Waals surface area contributed by atoms with Gasteiger partial charge in [-0.2, -0.15) is 0 Å². The highest BCUT2D eigenvalue weighted by Crippen LogP contribution is 2.28. The maximum Gasteiger partial charge on any atom is 0.318 e. The van der Waals surface area contributed by atoms with Gasteiger partial charge in [-0.15, -0.1) is 0 Å². The molecule has 4 N–H and O–H groups in total. The third-order valence-electron chi connectivity index (χ3n) is 3.76. The Morgan fingerprint density at radius 3 is 2.68 bits per heavy atom. The highest BCUT2D eigenvalue weighted by molar-refractivity contribution is 8.00. The number of nitrogens with one attached hydrogen (secondary N) is 2. The quantitative estimate of drug-likeness (QED) is 0.705. The number of carbonyl (C=O) groups excluding carboxylic acids is 3. The summed E-state index contributed by atoms with van der Waals surface area (Å²) in [4.78, 5) is 39.7. The van der Waals surface area contributed by atoms with Crippen molar-refractivity contribution in [2.75, 3.05) is 0 Å². The molecular weight excluding hydrogens is 340 g/mol. The molecule has 3 rings (SSSR count). The van der Waals surface area contributed by atoms with Gasteiger partial charge in [0.05, 0.1) is 21.4 Å². The molecule has 1 fully saturated rings. The first kappa shape index (κ1) is 17.2. The Balaban J connectivity index is 1.89. The van der Waals surface area contributed by atoms with Crippen LogP contribution in [0.5, 0.6) is 0 Å². The summed E-state index contributed by atoms with van der Waals surface area (Å²) < 4.78 is 0. The molecule has 130 valence electrons. The predicted molar refractivity (Wildman–Crippen MR) is 95.3 cm³/mol. The molecule has 1 aliphatic rings. The number of nitrogens with zero attached hydrogens (tertiary/aromatic N) is 1. The molecule has 1 aromatic carbocycles. The summed E-state index contributed by atoms with van der Waals surface area (Å²) in [6.07, 6.45) is 2.00. The first-order valence-corrected chi connectivity index (χ1v) is 8.79. The summed E-state index contributed by atoms with van der Waals surface area (Å²) in [6.45, 7) is 1.64. The molecule has 1 aromatic heterocycles. The van der Waals surface area contributed by atoms with Crippen LogP contribution in [-0.4, -0.2) is 34.1 Å². The summed E-state index contributed by atoms with van der Waals surface area (Å²) in [5, 5.41) is 5.73. The molecule has 1 unspecified atom stereocenters. The summed E-state index contributed by atoms with van der Waals surface area (Å²) in [5.74, 6) is -0.645. The minimum absolute atomic E-state index is 0.141. The number of hydrogen-bond acceptors (Lipinski definition) is 5. The molecular formula is C17H18N4O3S. The summed E-state index contributed by atoms with van der Waals surface area (Å²) >= 11 is 1.16. The van der Waals surface area contributed by atoms with E-state index in [2.05, 4.69) is 10.3 Å².